The van der Waals surface area contributed by atoms with E-state index in [1.165, 1.54) is 6.20 Å². The molecule has 0 amide bonds. The molecule has 0 aliphatic carbocycles. The van der Waals surface area contributed by atoms with Gasteiger partial charge in [0.15, 0.2) is 5.76 Å². The van der Waals surface area contributed by atoms with Crippen LogP contribution in [0, 0.1) is 11.3 Å². The van der Waals surface area contributed by atoms with Crippen molar-refractivity contribution in [2.75, 3.05) is 0 Å². The number of rotatable bonds is 1. The van der Waals surface area contributed by atoms with E-state index in [1.807, 2.05) is 12.1 Å². The number of hydrogen-bond acceptors (Lipinski definition) is 3. The van der Waals surface area contributed by atoms with Crippen molar-refractivity contribution in [3.05, 3.63) is 41.4 Å². The average molecular weight is 205 g/mol. The lowest BCUT2D eigenvalue weighted by Gasteiger charge is -1.94. The van der Waals surface area contributed by atoms with Gasteiger partial charge in [-0.3, -0.25) is 0 Å². The Balaban J connectivity index is 2.47. The number of benzene rings is 1. The molecule has 0 saturated carbocycles. The molecule has 0 N–H and O–H groups in total. The number of nitriles is 1. The maximum absolute atomic E-state index is 8.69. The van der Waals surface area contributed by atoms with Crippen LogP contribution in [0.15, 0.2) is 34.9 Å². The molecule has 14 heavy (non-hydrogen) atoms. The first-order valence-electron chi connectivity index (χ1n) is 3.91. The van der Waals surface area contributed by atoms with Crippen LogP contribution in [0.5, 0.6) is 0 Å². The number of oxazole rings is 1. The fourth-order valence-corrected chi connectivity index (χ4v) is 1.26. The summed E-state index contributed by atoms with van der Waals surface area (Å²) in [4.78, 5) is 3.76. The minimum Gasteiger partial charge on any atom is -0.428 e. The summed E-state index contributed by atoms with van der Waals surface area (Å²) in [5, 5.41) is 8.79. The zero-order valence-corrected chi connectivity index (χ0v) is 7.82. The Morgan fingerprint density at radius 1 is 1.43 bits per heavy atom. The summed E-state index contributed by atoms with van der Waals surface area (Å²) in [6.07, 6.45) is 1.53. The quantitative estimate of drug-likeness (QED) is 0.718. The van der Waals surface area contributed by atoms with Crippen molar-refractivity contribution in [1.82, 2.24) is 4.98 Å². The van der Waals surface area contributed by atoms with Gasteiger partial charge in [0, 0.05) is 5.56 Å². The average Bonchev–Trinajstić information content (AvgIpc) is 2.65. The number of nitrogens with zero attached hydrogens (tertiary/aromatic N) is 2. The third kappa shape index (κ3) is 1.61. The molecule has 0 radical (unpaired) electrons. The predicted octanol–water partition coefficient (Wildman–Crippen LogP) is 2.87. The van der Waals surface area contributed by atoms with Crippen molar-refractivity contribution in [1.29, 1.82) is 5.26 Å². The summed E-state index contributed by atoms with van der Waals surface area (Å²) in [6.45, 7) is 0. The Morgan fingerprint density at radius 2 is 2.29 bits per heavy atom. The number of aromatic nitrogens is 1. The van der Waals surface area contributed by atoms with E-state index in [0.29, 0.717) is 11.3 Å². The highest BCUT2D eigenvalue weighted by molar-refractivity contribution is 6.27. The van der Waals surface area contributed by atoms with Gasteiger partial charge in [-0.2, -0.15) is 5.26 Å². The van der Waals surface area contributed by atoms with Crippen molar-refractivity contribution < 1.29 is 4.42 Å². The van der Waals surface area contributed by atoms with Crippen LogP contribution in [0.2, 0.25) is 5.35 Å². The third-order valence-corrected chi connectivity index (χ3v) is 1.93. The Kier molecular flexibility index (Phi) is 2.21. The highest BCUT2D eigenvalue weighted by atomic mass is 35.5. The van der Waals surface area contributed by atoms with E-state index >= 15 is 0 Å². The van der Waals surface area contributed by atoms with E-state index in [-0.39, 0.29) is 5.35 Å². The topological polar surface area (TPSA) is 49.8 Å². The third-order valence-electron chi connectivity index (χ3n) is 1.75. The van der Waals surface area contributed by atoms with Gasteiger partial charge in [-0.05, 0) is 23.7 Å². The minimum atomic E-state index is 0.0994. The molecule has 0 atom stereocenters. The second kappa shape index (κ2) is 3.52. The smallest absolute Gasteiger partial charge is 0.292 e. The summed E-state index contributed by atoms with van der Waals surface area (Å²) in [6, 6.07) is 9.10. The number of hydrogen-bond donors (Lipinski definition) is 0. The molecule has 68 valence electrons. The standard InChI is InChI=1S/C10H5ClN2O/c11-10-13-6-9(14-10)8-3-1-2-7(4-8)5-12/h1-4,6H. The van der Waals surface area contributed by atoms with E-state index in [1.54, 1.807) is 18.2 Å². The fourth-order valence-electron chi connectivity index (χ4n) is 1.13. The fraction of sp³-hybridized carbons (Fsp3) is 0. The number of halogens is 1. The van der Waals surface area contributed by atoms with E-state index in [4.69, 9.17) is 21.3 Å². The highest BCUT2D eigenvalue weighted by Crippen LogP contribution is 2.22. The van der Waals surface area contributed by atoms with Gasteiger partial charge >= 0.3 is 0 Å². The van der Waals surface area contributed by atoms with E-state index in [2.05, 4.69) is 4.98 Å². The maximum atomic E-state index is 8.69. The lowest BCUT2D eigenvalue weighted by molar-refractivity contribution is 0.574. The molecule has 1 aromatic heterocycles. The molecule has 4 heteroatoms. The zero-order chi connectivity index (χ0) is 9.97. The van der Waals surface area contributed by atoms with Gasteiger partial charge in [0.1, 0.15) is 0 Å². The lowest BCUT2D eigenvalue weighted by Crippen LogP contribution is -1.76. The first kappa shape index (κ1) is 8.79. The van der Waals surface area contributed by atoms with Crippen LogP contribution in [-0.4, -0.2) is 4.98 Å². The normalized spacial score (nSPS) is 9.71. The van der Waals surface area contributed by atoms with Gasteiger partial charge in [0.05, 0.1) is 17.8 Å². The first-order chi connectivity index (χ1) is 6.79. The Bertz CT molecular complexity index is 499. The Labute approximate surface area is 85.6 Å². The maximum Gasteiger partial charge on any atom is 0.292 e. The van der Waals surface area contributed by atoms with Crippen LogP contribution in [0.25, 0.3) is 11.3 Å². The predicted molar refractivity (Wildman–Crippen MR) is 51.7 cm³/mol. The van der Waals surface area contributed by atoms with Gasteiger partial charge in [-0.15, -0.1) is 0 Å². The molecule has 3 nitrogen and oxygen atoms in total. The van der Waals surface area contributed by atoms with Crippen LogP contribution >= 0.6 is 11.6 Å². The van der Waals surface area contributed by atoms with Crippen LogP contribution in [0.1, 0.15) is 5.56 Å². The summed E-state index contributed by atoms with van der Waals surface area (Å²) in [5.41, 5.74) is 1.37. The Morgan fingerprint density at radius 3 is 2.93 bits per heavy atom. The van der Waals surface area contributed by atoms with Gasteiger partial charge in [0.25, 0.3) is 5.35 Å². The molecular weight excluding hydrogens is 200 g/mol. The van der Waals surface area contributed by atoms with Gasteiger partial charge in [-0.25, -0.2) is 4.98 Å². The minimum absolute atomic E-state index is 0.0994. The van der Waals surface area contributed by atoms with Crippen molar-refractivity contribution >= 4 is 11.6 Å². The van der Waals surface area contributed by atoms with E-state index in [0.717, 1.165) is 5.56 Å². The summed E-state index contributed by atoms with van der Waals surface area (Å²) < 4.78 is 5.11. The van der Waals surface area contributed by atoms with Crippen molar-refractivity contribution in [3.8, 4) is 17.4 Å². The van der Waals surface area contributed by atoms with Crippen LogP contribution in [0.4, 0.5) is 0 Å². The van der Waals surface area contributed by atoms with E-state index in [9.17, 15) is 0 Å². The van der Waals surface area contributed by atoms with Crippen molar-refractivity contribution in [2.45, 2.75) is 0 Å². The highest BCUT2D eigenvalue weighted by Gasteiger charge is 2.04. The largest absolute Gasteiger partial charge is 0.428 e. The molecular formula is C10H5ClN2O. The molecule has 0 bridgehead atoms. The Hall–Kier alpha value is -1.79. The van der Waals surface area contributed by atoms with Gasteiger partial charge in [0.2, 0.25) is 0 Å². The second-order valence-electron chi connectivity index (χ2n) is 2.67. The SMILES string of the molecule is N#Cc1cccc(-c2cnc(Cl)o2)c1. The monoisotopic (exact) mass is 204 g/mol. The molecule has 1 aromatic carbocycles. The molecule has 1 heterocycles. The van der Waals surface area contributed by atoms with E-state index < -0.39 is 0 Å². The van der Waals surface area contributed by atoms with Crippen LogP contribution in [0.3, 0.4) is 0 Å². The molecule has 2 aromatic rings. The molecule has 2 rings (SSSR count). The zero-order valence-electron chi connectivity index (χ0n) is 7.07. The van der Waals surface area contributed by atoms with Gasteiger partial charge in [-0.1, -0.05) is 12.1 Å². The molecule has 0 fully saturated rings. The van der Waals surface area contributed by atoms with Crippen molar-refractivity contribution in [2.24, 2.45) is 0 Å². The lowest BCUT2D eigenvalue weighted by atomic mass is 10.1. The molecule has 0 aliphatic heterocycles. The molecule has 0 unspecified atom stereocenters. The second-order valence-corrected chi connectivity index (χ2v) is 2.99. The summed E-state index contributed by atoms with van der Waals surface area (Å²) in [7, 11) is 0. The first-order valence-corrected chi connectivity index (χ1v) is 4.29. The summed E-state index contributed by atoms with van der Waals surface area (Å²) >= 11 is 5.54. The van der Waals surface area contributed by atoms with Crippen LogP contribution < -0.4 is 0 Å². The molecule has 0 spiro atoms. The molecule has 0 aliphatic rings. The van der Waals surface area contributed by atoms with Crippen LogP contribution in [-0.2, 0) is 0 Å². The summed E-state index contributed by atoms with van der Waals surface area (Å²) in [5.74, 6) is 0.562. The van der Waals surface area contributed by atoms with Gasteiger partial charge < -0.3 is 4.42 Å². The molecule has 0 saturated heterocycles. The van der Waals surface area contributed by atoms with Crippen molar-refractivity contribution in [3.63, 3.8) is 0 Å².